The number of nitrogens with one attached hydrogen (secondary N) is 1. The molecule has 0 spiro atoms. The van der Waals surface area contributed by atoms with E-state index in [1.165, 1.54) is 5.56 Å². The van der Waals surface area contributed by atoms with E-state index in [-0.39, 0.29) is 5.91 Å². The monoisotopic (exact) mass is 254 g/mol. The van der Waals surface area contributed by atoms with Crippen molar-refractivity contribution in [3.8, 4) is 0 Å². The maximum absolute atomic E-state index is 12.1. The lowest BCUT2D eigenvalue weighted by Crippen LogP contribution is -2.13. The Morgan fingerprint density at radius 2 is 1.84 bits per heavy atom. The predicted octanol–water partition coefficient (Wildman–Crippen LogP) is 3.77. The first kappa shape index (κ1) is 13.3. The van der Waals surface area contributed by atoms with Gasteiger partial charge in [0.1, 0.15) is 5.82 Å². The van der Waals surface area contributed by atoms with E-state index in [9.17, 15) is 4.79 Å². The number of carbonyl (C=O) groups is 1. The summed E-state index contributed by atoms with van der Waals surface area (Å²) in [7, 11) is 0. The Balaban J connectivity index is 2.11. The molecular formula is C16H18N2O. The maximum Gasteiger partial charge on any atom is 0.256 e. The van der Waals surface area contributed by atoms with Crippen LogP contribution in [-0.2, 0) is 0 Å². The van der Waals surface area contributed by atoms with Crippen molar-refractivity contribution in [2.45, 2.75) is 26.7 Å². The summed E-state index contributed by atoms with van der Waals surface area (Å²) in [4.78, 5) is 16.2. The third-order valence-corrected chi connectivity index (χ3v) is 3.00. The van der Waals surface area contributed by atoms with E-state index < -0.39 is 0 Å². The van der Waals surface area contributed by atoms with Crippen molar-refractivity contribution >= 4 is 11.7 Å². The number of amides is 1. The number of anilines is 1. The van der Waals surface area contributed by atoms with Crippen LogP contribution in [0.2, 0.25) is 0 Å². The van der Waals surface area contributed by atoms with Crippen molar-refractivity contribution in [1.29, 1.82) is 0 Å². The highest BCUT2D eigenvalue weighted by atomic mass is 16.1. The summed E-state index contributed by atoms with van der Waals surface area (Å²) < 4.78 is 0. The van der Waals surface area contributed by atoms with E-state index in [0.29, 0.717) is 17.3 Å². The molecule has 0 aliphatic heterocycles. The van der Waals surface area contributed by atoms with Gasteiger partial charge in [-0.3, -0.25) is 4.79 Å². The zero-order valence-corrected chi connectivity index (χ0v) is 11.5. The van der Waals surface area contributed by atoms with E-state index in [2.05, 4.69) is 24.1 Å². The first-order chi connectivity index (χ1) is 9.06. The van der Waals surface area contributed by atoms with Crippen molar-refractivity contribution in [3.05, 3.63) is 59.3 Å². The van der Waals surface area contributed by atoms with Crippen molar-refractivity contribution < 1.29 is 4.79 Å². The molecule has 0 aliphatic carbocycles. The number of rotatable bonds is 3. The fraction of sp³-hybridized carbons (Fsp3) is 0.250. The van der Waals surface area contributed by atoms with Gasteiger partial charge in [-0.05, 0) is 48.2 Å². The lowest BCUT2D eigenvalue weighted by molar-refractivity contribution is 0.102. The van der Waals surface area contributed by atoms with Crippen LogP contribution in [0.15, 0.2) is 42.6 Å². The van der Waals surface area contributed by atoms with Crippen LogP contribution in [0.5, 0.6) is 0 Å². The molecule has 2 rings (SSSR count). The Hall–Kier alpha value is -2.16. The van der Waals surface area contributed by atoms with Crippen molar-refractivity contribution in [1.82, 2.24) is 4.98 Å². The van der Waals surface area contributed by atoms with Crippen LogP contribution >= 0.6 is 0 Å². The molecule has 0 unspecified atom stereocenters. The molecule has 1 N–H and O–H groups in total. The summed E-state index contributed by atoms with van der Waals surface area (Å²) >= 11 is 0. The topological polar surface area (TPSA) is 42.0 Å². The summed E-state index contributed by atoms with van der Waals surface area (Å²) in [6.07, 6.45) is 1.69. The van der Waals surface area contributed by atoms with Crippen molar-refractivity contribution in [2.24, 2.45) is 0 Å². The predicted molar refractivity (Wildman–Crippen MR) is 77.5 cm³/mol. The van der Waals surface area contributed by atoms with Gasteiger partial charge >= 0.3 is 0 Å². The molecule has 0 aliphatic rings. The third-order valence-electron chi connectivity index (χ3n) is 3.00. The molecule has 19 heavy (non-hydrogen) atoms. The highest BCUT2D eigenvalue weighted by molar-refractivity contribution is 6.03. The minimum atomic E-state index is -0.131. The number of hydrogen-bond donors (Lipinski definition) is 1. The number of nitrogens with zero attached hydrogens (tertiary/aromatic N) is 1. The lowest BCUT2D eigenvalue weighted by atomic mass is 10.0. The second-order valence-electron chi connectivity index (χ2n) is 4.95. The van der Waals surface area contributed by atoms with Gasteiger partial charge in [0, 0.05) is 11.8 Å². The van der Waals surface area contributed by atoms with Crippen LogP contribution in [0, 0.1) is 6.92 Å². The summed E-state index contributed by atoms with van der Waals surface area (Å²) in [6.45, 7) is 6.23. The van der Waals surface area contributed by atoms with Gasteiger partial charge in [-0.2, -0.15) is 0 Å². The number of aromatic nitrogens is 1. The second-order valence-corrected chi connectivity index (χ2v) is 4.95. The first-order valence-corrected chi connectivity index (χ1v) is 6.40. The minimum Gasteiger partial charge on any atom is -0.307 e. The molecule has 0 radical (unpaired) electrons. The van der Waals surface area contributed by atoms with E-state index in [1.54, 1.807) is 6.20 Å². The Bertz CT molecular complexity index is 574. The smallest absolute Gasteiger partial charge is 0.256 e. The normalized spacial score (nSPS) is 10.5. The van der Waals surface area contributed by atoms with E-state index >= 15 is 0 Å². The van der Waals surface area contributed by atoms with Gasteiger partial charge in [-0.1, -0.05) is 26.0 Å². The first-order valence-electron chi connectivity index (χ1n) is 6.40. The largest absolute Gasteiger partial charge is 0.307 e. The molecule has 0 bridgehead atoms. The van der Waals surface area contributed by atoms with E-state index in [1.807, 2.05) is 43.3 Å². The lowest BCUT2D eigenvalue weighted by Gasteiger charge is -2.07. The molecule has 3 nitrogen and oxygen atoms in total. The maximum atomic E-state index is 12.1. The highest BCUT2D eigenvalue weighted by Gasteiger charge is 2.07. The number of hydrogen-bond acceptors (Lipinski definition) is 2. The number of benzene rings is 1. The average Bonchev–Trinajstić information content (AvgIpc) is 2.39. The quantitative estimate of drug-likeness (QED) is 0.906. The van der Waals surface area contributed by atoms with Crippen LogP contribution in [0.1, 0.15) is 41.3 Å². The fourth-order valence-electron chi connectivity index (χ4n) is 1.81. The van der Waals surface area contributed by atoms with Gasteiger partial charge < -0.3 is 5.32 Å². The highest BCUT2D eigenvalue weighted by Crippen LogP contribution is 2.15. The summed E-state index contributed by atoms with van der Waals surface area (Å²) in [5, 5.41) is 2.80. The zero-order valence-electron chi connectivity index (χ0n) is 11.5. The third kappa shape index (κ3) is 3.41. The SMILES string of the molecule is Cc1ccnc(NC(=O)c2ccc(C(C)C)cc2)c1. The Kier molecular flexibility index (Phi) is 3.95. The Labute approximate surface area is 113 Å². The van der Waals surface area contributed by atoms with Crippen LogP contribution in [-0.4, -0.2) is 10.9 Å². The van der Waals surface area contributed by atoms with E-state index in [4.69, 9.17) is 0 Å². The molecule has 0 saturated heterocycles. The molecule has 1 aromatic heterocycles. The van der Waals surface area contributed by atoms with Crippen LogP contribution in [0.3, 0.4) is 0 Å². The minimum absolute atomic E-state index is 0.131. The fourth-order valence-corrected chi connectivity index (χ4v) is 1.81. The Morgan fingerprint density at radius 1 is 1.16 bits per heavy atom. The molecule has 0 atom stereocenters. The molecule has 1 amide bonds. The van der Waals surface area contributed by atoms with Crippen LogP contribution in [0.4, 0.5) is 5.82 Å². The Morgan fingerprint density at radius 3 is 2.42 bits per heavy atom. The number of aryl methyl sites for hydroxylation is 1. The number of pyridine rings is 1. The molecule has 3 heteroatoms. The summed E-state index contributed by atoms with van der Waals surface area (Å²) in [5.41, 5.74) is 2.94. The molecular weight excluding hydrogens is 236 g/mol. The molecule has 1 aromatic carbocycles. The van der Waals surface area contributed by atoms with Gasteiger partial charge in [0.05, 0.1) is 0 Å². The van der Waals surface area contributed by atoms with Gasteiger partial charge in [0.15, 0.2) is 0 Å². The number of carbonyl (C=O) groups excluding carboxylic acids is 1. The van der Waals surface area contributed by atoms with Crippen molar-refractivity contribution in [3.63, 3.8) is 0 Å². The molecule has 0 fully saturated rings. The summed E-state index contributed by atoms with van der Waals surface area (Å²) in [6, 6.07) is 11.4. The van der Waals surface area contributed by atoms with E-state index in [0.717, 1.165) is 5.56 Å². The molecule has 0 saturated carbocycles. The van der Waals surface area contributed by atoms with Crippen LogP contribution < -0.4 is 5.32 Å². The summed E-state index contributed by atoms with van der Waals surface area (Å²) in [5.74, 6) is 0.918. The molecule has 2 aromatic rings. The second kappa shape index (κ2) is 5.65. The van der Waals surface area contributed by atoms with Gasteiger partial charge in [-0.15, -0.1) is 0 Å². The van der Waals surface area contributed by atoms with Crippen LogP contribution in [0.25, 0.3) is 0 Å². The van der Waals surface area contributed by atoms with Gasteiger partial charge in [0.25, 0.3) is 5.91 Å². The standard InChI is InChI=1S/C16H18N2O/c1-11(2)13-4-6-14(7-5-13)16(19)18-15-10-12(3)8-9-17-15/h4-11H,1-3H3,(H,17,18,19). The molecule has 98 valence electrons. The zero-order chi connectivity index (χ0) is 13.8. The van der Waals surface area contributed by atoms with Gasteiger partial charge in [0.2, 0.25) is 0 Å². The molecule has 1 heterocycles. The van der Waals surface area contributed by atoms with Crippen molar-refractivity contribution in [2.75, 3.05) is 5.32 Å². The van der Waals surface area contributed by atoms with Gasteiger partial charge in [-0.25, -0.2) is 4.98 Å². The average molecular weight is 254 g/mol.